The maximum Gasteiger partial charge on any atom is 0.143 e. The van der Waals surface area contributed by atoms with Gasteiger partial charge in [-0.3, -0.25) is 0 Å². The standard InChI is InChI=1S/C32H20OS/c1-2-9-21(10-3-1)31-24-11-4-6-13-26(24)32(27-14-7-5-12-25(27)31)22-16-17-29-23(19-22)20-30(34-29)28-15-8-18-33-28/h1-20H/i4D,6D,11D,13D. The second-order valence-electron chi connectivity index (χ2n) is 8.25. The van der Waals surface area contributed by atoms with Gasteiger partial charge >= 0.3 is 0 Å². The monoisotopic (exact) mass is 456 g/mol. The van der Waals surface area contributed by atoms with Gasteiger partial charge in [0.15, 0.2) is 0 Å². The molecule has 0 saturated heterocycles. The van der Waals surface area contributed by atoms with Gasteiger partial charge in [-0.2, -0.15) is 0 Å². The van der Waals surface area contributed by atoms with Gasteiger partial charge in [0.1, 0.15) is 5.76 Å². The van der Waals surface area contributed by atoms with Crippen LogP contribution in [0.15, 0.2) is 126 Å². The predicted octanol–water partition coefficient (Wildman–Crippen LogP) is 9.80. The van der Waals surface area contributed by atoms with Crippen LogP contribution in [-0.4, -0.2) is 0 Å². The molecule has 34 heavy (non-hydrogen) atoms. The smallest absolute Gasteiger partial charge is 0.143 e. The Kier molecular flexibility index (Phi) is 3.56. The number of thiophene rings is 1. The minimum absolute atomic E-state index is 0.0245. The summed E-state index contributed by atoms with van der Waals surface area (Å²) in [5, 5.41) is 4.04. The third-order valence-corrected chi connectivity index (χ3v) is 7.42. The SMILES string of the molecule is [2H]c1c([2H])c([2H])c2c(-c3ccc4sc(-c5ccco5)cc4c3)c3ccccc3c(-c3ccccc3)c2c1[2H]. The molecule has 0 unspecified atom stereocenters. The van der Waals surface area contributed by atoms with E-state index in [0.717, 1.165) is 53.7 Å². The van der Waals surface area contributed by atoms with E-state index in [1.807, 2.05) is 66.7 Å². The van der Waals surface area contributed by atoms with Crippen molar-refractivity contribution in [1.82, 2.24) is 0 Å². The maximum absolute atomic E-state index is 9.01. The quantitative estimate of drug-likeness (QED) is 0.241. The van der Waals surface area contributed by atoms with Gasteiger partial charge in [-0.15, -0.1) is 11.3 Å². The topological polar surface area (TPSA) is 13.1 Å². The number of hydrogen-bond donors (Lipinski definition) is 0. The average Bonchev–Trinajstić information content (AvgIpc) is 3.64. The Hall–Kier alpha value is -4.14. The van der Waals surface area contributed by atoms with E-state index < -0.39 is 0 Å². The van der Waals surface area contributed by atoms with Gasteiger partial charge < -0.3 is 4.42 Å². The molecule has 160 valence electrons. The highest BCUT2D eigenvalue weighted by atomic mass is 32.1. The Morgan fingerprint density at radius 3 is 2.03 bits per heavy atom. The zero-order chi connectivity index (χ0) is 26.0. The van der Waals surface area contributed by atoms with Gasteiger partial charge in [0.25, 0.3) is 0 Å². The molecule has 2 heteroatoms. The second-order valence-corrected chi connectivity index (χ2v) is 9.34. The Labute approximate surface area is 207 Å². The average molecular weight is 457 g/mol. The molecule has 0 bridgehead atoms. The molecule has 1 nitrogen and oxygen atoms in total. The summed E-state index contributed by atoms with van der Waals surface area (Å²) in [6, 6.07) is 29.6. The normalized spacial score (nSPS) is 13.2. The van der Waals surface area contributed by atoms with Crippen molar-refractivity contribution in [3.05, 3.63) is 121 Å². The van der Waals surface area contributed by atoms with E-state index in [2.05, 4.69) is 24.3 Å². The van der Waals surface area contributed by atoms with Crippen LogP contribution in [0.4, 0.5) is 0 Å². The van der Waals surface area contributed by atoms with Gasteiger partial charge in [-0.05, 0) is 79.5 Å². The third-order valence-electron chi connectivity index (χ3n) is 6.28. The van der Waals surface area contributed by atoms with Crippen molar-refractivity contribution in [1.29, 1.82) is 0 Å². The summed E-state index contributed by atoms with van der Waals surface area (Å²) < 4.78 is 41.7. The molecule has 2 heterocycles. The lowest BCUT2D eigenvalue weighted by molar-refractivity contribution is 0.584. The summed E-state index contributed by atoms with van der Waals surface area (Å²) in [4.78, 5) is 1.04. The summed E-state index contributed by atoms with van der Waals surface area (Å²) in [6.45, 7) is 0. The fraction of sp³-hybridized carbons (Fsp3) is 0. The molecule has 7 aromatic rings. The fourth-order valence-corrected chi connectivity index (χ4v) is 5.83. The molecule has 0 amide bonds. The molecule has 0 saturated carbocycles. The predicted molar refractivity (Wildman–Crippen MR) is 145 cm³/mol. The summed E-state index contributed by atoms with van der Waals surface area (Å²) in [7, 11) is 0. The number of furan rings is 1. The Balaban J connectivity index is 1.64. The van der Waals surface area contributed by atoms with Crippen LogP contribution >= 0.6 is 11.3 Å². The lowest BCUT2D eigenvalue weighted by atomic mass is 9.86. The zero-order valence-electron chi connectivity index (χ0n) is 22.1. The van der Waals surface area contributed by atoms with E-state index in [1.165, 1.54) is 0 Å². The van der Waals surface area contributed by atoms with Crippen molar-refractivity contribution in [2.75, 3.05) is 0 Å². The third kappa shape index (κ3) is 3.00. The number of fused-ring (bicyclic) bond motifs is 3. The van der Waals surface area contributed by atoms with E-state index in [1.54, 1.807) is 17.6 Å². The van der Waals surface area contributed by atoms with Crippen molar-refractivity contribution in [3.8, 4) is 32.9 Å². The first-order valence-electron chi connectivity index (χ1n) is 13.1. The molecule has 0 N–H and O–H groups in total. The summed E-state index contributed by atoms with van der Waals surface area (Å²) in [5.74, 6) is 0.824. The molecule has 7 rings (SSSR count). The first kappa shape index (κ1) is 15.7. The van der Waals surface area contributed by atoms with E-state index in [4.69, 9.17) is 9.90 Å². The first-order chi connectivity index (χ1) is 18.5. The molecule has 0 aliphatic carbocycles. The van der Waals surface area contributed by atoms with Crippen molar-refractivity contribution < 1.29 is 9.90 Å². The molecule has 0 fully saturated rings. The summed E-state index contributed by atoms with van der Waals surface area (Å²) in [6.07, 6.45) is 1.67. The van der Waals surface area contributed by atoms with Crippen LogP contribution in [0.2, 0.25) is 0 Å². The zero-order valence-corrected chi connectivity index (χ0v) is 18.9. The Bertz CT molecular complexity index is 2010. The van der Waals surface area contributed by atoms with Crippen LogP contribution < -0.4 is 0 Å². The highest BCUT2D eigenvalue weighted by Crippen LogP contribution is 2.44. The highest BCUT2D eigenvalue weighted by Gasteiger charge is 2.17. The maximum atomic E-state index is 9.01. The van der Waals surface area contributed by atoms with Gasteiger partial charge in [0.2, 0.25) is 0 Å². The molecular weight excluding hydrogens is 432 g/mol. The Morgan fingerprint density at radius 1 is 0.618 bits per heavy atom. The van der Waals surface area contributed by atoms with Crippen LogP contribution in [0, 0.1) is 0 Å². The second kappa shape index (κ2) is 7.72. The van der Waals surface area contributed by atoms with Crippen LogP contribution in [0.3, 0.4) is 0 Å². The Morgan fingerprint density at radius 2 is 1.32 bits per heavy atom. The number of hydrogen-bond acceptors (Lipinski definition) is 2. The van der Waals surface area contributed by atoms with Crippen molar-refractivity contribution in [2.45, 2.75) is 0 Å². The molecule has 0 aliphatic rings. The number of rotatable bonds is 3. The molecule has 2 aromatic heterocycles. The van der Waals surface area contributed by atoms with Gasteiger partial charge in [-0.1, -0.05) is 84.8 Å². The molecular formula is C32H20OS. The lowest BCUT2D eigenvalue weighted by Crippen LogP contribution is -1.90. The van der Waals surface area contributed by atoms with E-state index in [0.29, 0.717) is 10.8 Å². The highest BCUT2D eigenvalue weighted by molar-refractivity contribution is 7.22. The van der Waals surface area contributed by atoms with Crippen molar-refractivity contribution in [2.24, 2.45) is 0 Å². The van der Waals surface area contributed by atoms with E-state index >= 15 is 0 Å². The largest absolute Gasteiger partial charge is 0.464 e. The van der Waals surface area contributed by atoms with Crippen LogP contribution in [0.25, 0.3) is 64.5 Å². The van der Waals surface area contributed by atoms with Crippen LogP contribution in [0.5, 0.6) is 0 Å². The summed E-state index contributed by atoms with van der Waals surface area (Å²) in [5.41, 5.74) is 3.47. The van der Waals surface area contributed by atoms with E-state index in [9.17, 15) is 0 Å². The van der Waals surface area contributed by atoms with Crippen molar-refractivity contribution in [3.63, 3.8) is 0 Å². The van der Waals surface area contributed by atoms with Gasteiger partial charge in [0.05, 0.1) is 16.6 Å². The fourth-order valence-electron chi connectivity index (χ4n) is 4.82. The summed E-state index contributed by atoms with van der Waals surface area (Å²) >= 11 is 1.66. The minimum Gasteiger partial charge on any atom is -0.464 e. The first-order valence-corrected chi connectivity index (χ1v) is 11.9. The van der Waals surface area contributed by atoms with Crippen LogP contribution in [0.1, 0.15) is 5.48 Å². The van der Waals surface area contributed by atoms with Gasteiger partial charge in [-0.25, -0.2) is 0 Å². The van der Waals surface area contributed by atoms with Crippen molar-refractivity contribution >= 4 is 43.0 Å². The molecule has 0 spiro atoms. The minimum atomic E-state index is -0.227. The van der Waals surface area contributed by atoms with Crippen LogP contribution in [-0.2, 0) is 0 Å². The van der Waals surface area contributed by atoms with Gasteiger partial charge in [0, 0.05) is 4.70 Å². The number of benzene rings is 5. The van der Waals surface area contributed by atoms with E-state index in [-0.39, 0.29) is 24.2 Å². The molecule has 0 atom stereocenters. The molecule has 5 aromatic carbocycles. The lowest BCUT2D eigenvalue weighted by Gasteiger charge is -2.17. The molecule has 0 aliphatic heterocycles. The molecule has 0 radical (unpaired) electrons.